The number of hydrogen-bond donors (Lipinski definition) is 1. The molecular formula is C12H12BrNO3S2. The Bertz CT molecular complexity index is 665. The number of phenols is 1. The molecule has 19 heavy (non-hydrogen) atoms. The van der Waals surface area contributed by atoms with Crippen molar-refractivity contribution in [2.45, 2.75) is 11.4 Å². The first-order valence-electron chi connectivity index (χ1n) is 5.38. The van der Waals surface area contributed by atoms with Crippen LogP contribution in [0.15, 0.2) is 45.1 Å². The number of thiophene rings is 1. The summed E-state index contributed by atoms with van der Waals surface area (Å²) in [6, 6.07) is 7.41. The lowest BCUT2D eigenvalue weighted by molar-refractivity contribution is 0.467. The maximum absolute atomic E-state index is 12.3. The maximum atomic E-state index is 12.3. The molecule has 2 rings (SSSR count). The Labute approximate surface area is 124 Å². The second-order valence-electron chi connectivity index (χ2n) is 3.99. The van der Waals surface area contributed by atoms with E-state index in [9.17, 15) is 13.5 Å². The van der Waals surface area contributed by atoms with Crippen molar-refractivity contribution < 1.29 is 13.5 Å². The molecule has 0 amide bonds. The normalized spacial score (nSPS) is 11.9. The first-order chi connectivity index (χ1) is 8.89. The molecule has 4 nitrogen and oxygen atoms in total. The van der Waals surface area contributed by atoms with Gasteiger partial charge >= 0.3 is 0 Å². The summed E-state index contributed by atoms with van der Waals surface area (Å²) < 4.78 is 26.8. The van der Waals surface area contributed by atoms with Crippen molar-refractivity contribution in [3.05, 3.63) is 45.1 Å². The van der Waals surface area contributed by atoms with Gasteiger partial charge in [-0.2, -0.15) is 4.31 Å². The fraction of sp³-hybridized carbons (Fsp3) is 0.167. The van der Waals surface area contributed by atoms with E-state index >= 15 is 0 Å². The molecule has 0 radical (unpaired) electrons. The van der Waals surface area contributed by atoms with Crippen LogP contribution in [0, 0.1) is 0 Å². The van der Waals surface area contributed by atoms with Gasteiger partial charge in [0.05, 0.1) is 4.90 Å². The highest BCUT2D eigenvalue weighted by molar-refractivity contribution is 9.10. The van der Waals surface area contributed by atoms with Gasteiger partial charge in [-0.05, 0) is 46.3 Å². The number of phenolic OH excluding ortho intramolecular Hbond substituents is 1. The molecule has 102 valence electrons. The summed E-state index contributed by atoms with van der Waals surface area (Å²) in [6.45, 7) is 0.319. The third kappa shape index (κ3) is 3.36. The lowest BCUT2D eigenvalue weighted by atomic mass is 10.3. The van der Waals surface area contributed by atoms with E-state index in [2.05, 4.69) is 15.9 Å². The van der Waals surface area contributed by atoms with E-state index in [1.807, 2.05) is 11.4 Å². The average Bonchev–Trinajstić information content (AvgIpc) is 2.75. The van der Waals surface area contributed by atoms with Gasteiger partial charge in [-0.1, -0.05) is 0 Å². The van der Waals surface area contributed by atoms with Gasteiger partial charge in [0.2, 0.25) is 10.0 Å². The number of benzene rings is 1. The summed E-state index contributed by atoms with van der Waals surface area (Å²) >= 11 is 4.84. The number of sulfonamides is 1. The van der Waals surface area contributed by atoms with Gasteiger partial charge < -0.3 is 5.11 Å². The second-order valence-corrected chi connectivity index (χ2v) is 7.94. The fourth-order valence-electron chi connectivity index (χ4n) is 1.54. The fourth-order valence-corrected chi connectivity index (χ4v) is 4.27. The van der Waals surface area contributed by atoms with Crippen LogP contribution in [-0.2, 0) is 16.6 Å². The molecule has 1 heterocycles. The third-order valence-corrected chi connectivity index (χ3v) is 6.05. The molecule has 0 bridgehead atoms. The van der Waals surface area contributed by atoms with Crippen LogP contribution in [0.25, 0.3) is 0 Å². The number of rotatable bonds is 4. The Morgan fingerprint density at radius 3 is 2.47 bits per heavy atom. The zero-order valence-electron chi connectivity index (χ0n) is 10.1. The minimum Gasteiger partial charge on any atom is -0.508 e. The quantitative estimate of drug-likeness (QED) is 0.910. The van der Waals surface area contributed by atoms with Gasteiger partial charge in [0, 0.05) is 28.3 Å². The van der Waals surface area contributed by atoms with Gasteiger partial charge in [0.25, 0.3) is 0 Å². The minimum atomic E-state index is -3.53. The predicted octanol–water partition coefficient (Wildman–Crippen LogP) is 3.04. The lowest BCUT2D eigenvalue weighted by Gasteiger charge is -2.16. The molecule has 0 saturated heterocycles. The molecule has 0 atom stereocenters. The predicted molar refractivity (Wildman–Crippen MR) is 78.8 cm³/mol. The van der Waals surface area contributed by atoms with Gasteiger partial charge in [-0.15, -0.1) is 11.3 Å². The van der Waals surface area contributed by atoms with Crippen molar-refractivity contribution in [1.82, 2.24) is 4.31 Å². The highest BCUT2D eigenvalue weighted by Gasteiger charge is 2.21. The number of nitrogens with zero attached hydrogens (tertiary/aromatic N) is 1. The van der Waals surface area contributed by atoms with Crippen molar-refractivity contribution in [1.29, 1.82) is 0 Å². The van der Waals surface area contributed by atoms with Crippen molar-refractivity contribution in [2.24, 2.45) is 0 Å². The molecule has 1 aromatic carbocycles. The molecular weight excluding hydrogens is 350 g/mol. The molecule has 0 spiro atoms. The zero-order chi connectivity index (χ0) is 14.0. The van der Waals surface area contributed by atoms with Crippen LogP contribution in [0.4, 0.5) is 0 Å². The van der Waals surface area contributed by atoms with Gasteiger partial charge in [-0.3, -0.25) is 0 Å². The van der Waals surface area contributed by atoms with E-state index in [1.54, 1.807) is 0 Å². The number of aromatic hydroxyl groups is 1. The summed E-state index contributed by atoms with van der Waals surface area (Å²) in [5.41, 5.74) is 0. The van der Waals surface area contributed by atoms with E-state index in [0.717, 1.165) is 9.35 Å². The number of halogens is 1. The molecule has 0 fully saturated rings. The summed E-state index contributed by atoms with van der Waals surface area (Å²) in [6.07, 6.45) is 0. The Hall–Kier alpha value is -0.890. The SMILES string of the molecule is CN(Cc1cc(Br)cs1)S(=O)(=O)c1ccc(O)cc1. The van der Waals surface area contributed by atoms with Crippen LogP contribution < -0.4 is 0 Å². The third-order valence-electron chi connectivity index (χ3n) is 2.55. The average molecular weight is 362 g/mol. The van der Waals surface area contributed by atoms with Crippen LogP contribution in [0.2, 0.25) is 0 Å². The molecule has 0 unspecified atom stereocenters. The zero-order valence-corrected chi connectivity index (χ0v) is 13.3. The van der Waals surface area contributed by atoms with Crippen molar-refractivity contribution >= 4 is 37.3 Å². The standard InChI is InChI=1S/C12H12BrNO3S2/c1-14(7-11-6-9(13)8-18-11)19(16,17)12-4-2-10(15)3-5-12/h2-6,8,15H,7H2,1H3. The maximum Gasteiger partial charge on any atom is 0.243 e. The smallest absolute Gasteiger partial charge is 0.243 e. The highest BCUT2D eigenvalue weighted by Crippen LogP contribution is 2.24. The monoisotopic (exact) mass is 361 g/mol. The van der Waals surface area contributed by atoms with Crippen molar-refractivity contribution in [2.75, 3.05) is 7.05 Å². The van der Waals surface area contributed by atoms with Gasteiger partial charge in [-0.25, -0.2) is 8.42 Å². The minimum absolute atomic E-state index is 0.0452. The van der Waals surface area contributed by atoms with E-state index in [1.165, 1.54) is 47.0 Å². The van der Waals surface area contributed by atoms with Crippen molar-refractivity contribution in [3.63, 3.8) is 0 Å². The Kier molecular flexibility index (Phi) is 4.29. The van der Waals surface area contributed by atoms with Crippen LogP contribution in [0.5, 0.6) is 5.75 Å². The topological polar surface area (TPSA) is 57.6 Å². The molecule has 0 aliphatic heterocycles. The second kappa shape index (κ2) is 5.62. The van der Waals surface area contributed by atoms with E-state index in [4.69, 9.17) is 0 Å². The van der Waals surface area contributed by atoms with Crippen LogP contribution >= 0.6 is 27.3 Å². The van der Waals surface area contributed by atoms with E-state index in [-0.39, 0.29) is 10.6 Å². The molecule has 1 aromatic heterocycles. The van der Waals surface area contributed by atoms with Gasteiger partial charge in [0.1, 0.15) is 5.75 Å². The first kappa shape index (κ1) is 14.5. The summed E-state index contributed by atoms with van der Waals surface area (Å²) in [4.78, 5) is 1.13. The van der Waals surface area contributed by atoms with Crippen LogP contribution in [-0.4, -0.2) is 24.9 Å². The molecule has 0 aliphatic carbocycles. The van der Waals surface area contributed by atoms with Crippen LogP contribution in [0.1, 0.15) is 4.88 Å². The van der Waals surface area contributed by atoms with Gasteiger partial charge in [0.15, 0.2) is 0 Å². The van der Waals surface area contributed by atoms with Crippen molar-refractivity contribution in [3.8, 4) is 5.75 Å². The molecule has 0 aliphatic rings. The van der Waals surface area contributed by atoms with Crippen LogP contribution in [0.3, 0.4) is 0 Å². The molecule has 7 heteroatoms. The number of hydrogen-bond acceptors (Lipinski definition) is 4. The molecule has 2 aromatic rings. The summed E-state index contributed by atoms with van der Waals surface area (Å²) in [5.74, 6) is 0.0452. The lowest BCUT2D eigenvalue weighted by Crippen LogP contribution is -2.26. The first-order valence-corrected chi connectivity index (χ1v) is 8.49. The Morgan fingerprint density at radius 2 is 1.95 bits per heavy atom. The summed E-state index contributed by atoms with van der Waals surface area (Å²) in [7, 11) is -1.99. The van der Waals surface area contributed by atoms with E-state index in [0.29, 0.717) is 6.54 Å². The largest absolute Gasteiger partial charge is 0.508 e. The van der Waals surface area contributed by atoms with E-state index < -0.39 is 10.0 Å². The highest BCUT2D eigenvalue weighted by atomic mass is 79.9. The Balaban J connectivity index is 2.21. The Morgan fingerprint density at radius 1 is 1.32 bits per heavy atom. The molecule has 0 saturated carbocycles. The summed E-state index contributed by atoms with van der Waals surface area (Å²) in [5, 5.41) is 11.1. The molecule has 1 N–H and O–H groups in total.